The number of carbonyl (C=O) groups is 1. The maximum absolute atomic E-state index is 12.0. The minimum absolute atomic E-state index is 0.00851. The fraction of sp³-hybridized carbons (Fsp3) is 0.286. The average molecular weight is 288 g/mol. The number of nitrogens with one attached hydrogen (secondary N) is 1. The smallest absolute Gasteiger partial charge is 0.273 e. The molecule has 2 aromatic rings. The number of nitro benzene ring substituents is 1. The highest BCUT2D eigenvalue weighted by molar-refractivity contribution is 5.80. The van der Waals surface area contributed by atoms with Crippen molar-refractivity contribution >= 4 is 11.6 Å². The van der Waals surface area contributed by atoms with Crippen molar-refractivity contribution in [2.75, 3.05) is 0 Å². The molecule has 0 unspecified atom stereocenters. The van der Waals surface area contributed by atoms with Crippen LogP contribution >= 0.6 is 0 Å². The van der Waals surface area contributed by atoms with Crippen LogP contribution in [0, 0.1) is 10.1 Å². The number of imidazole rings is 1. The van der Waals surface area contributed by atoms with E-state index >= 15 is 0 Å². The van der Waals surface area contributed by atoms with Crippen molar-refractivity contribution in [2.24, 2.45) is 0 Å². The summed E-state index contributed by atoms with van der Waals surface area (Å²) in [6, 6.07) is 6.18. The Kier molecular flexibility index (Phi) is 4.65. The monoisotopic (exact) mass is 288 g/mol. The average Bonchev–Trinajstić information content (AvgIpc) is 2.91. The van der Waals surface area contributed by atoms with Gasteiger partial charge in [0.05, 0.1) is 17.7 Å². The Morgan fingerprint density at radius 1 is 1.48 bits per heavy atom. The summed E-state index contributed by atoms with van der Waals surface area (Å²) in [7, 11) is 0. The van der Waals surface area contributed by atoms with Gasteiger partial charge < -0.3 is 9.88 Å². The van der Waals surface area contributed by atoms with Gasteiger partial charge in [-0.1, -0.05) is 18.2 Å². The van der Waals surface area contributed by atoms with Crippen molar-refractivity contribution in [1.82, 2.24) is 14.9 Å². The molecule has 0 saturated carbocycles. The topological polar surface area (TPSA) is 90.1 Å². The van der Waals surface area contributed by atoms with Gasteiger partial charge in [0.15, 0.2) is 0 Å². The molecule has 1 atom stereocenters. The van der Waals surface area contributed by atoms with Crippen molar-refractivity contribution in [3.05, 3.63) is 58.7 Å². The normalized spacial score (nSPS) is 11.9. The number of carbonyl (C=O) groups excluding carboxylic acids is 1. The Hall–Kier alpha value is -2.70. The first kappa shape index (κ1) is 14.7. The quantitative estimate of drug-likeness (QED) is 0.645. The second-order valence-corrected chi connectivity index (χ2v) is 4.79. The van der Waals surface area contributed by atoms with Crippen LogP contribution in [0.5, 0.6) is 0 Å². The molecule has 7 nitrogen and oxygen atoms in total. The third-order valence-corrected chi connectivity index (χ3v) is 2.99. The molecule has 110 valence electrons. The van der Waals surface area contributed by atoms with Crippen LogP contribution in [0.4, 0.5) is 5.69 Å². The molecule has 0 aliphatic carbocycles. The number of para-hydroxylation sites is 1. The van der Waals surface area contributed by atoms with Crippen LogP contribution in [0.15, 0.2) is 43.0 Å². The molecule has 0 aliphatic rings. The summed E-state index contributed by atoms with van der Waals surface area (Å²) < 4.78 is 1.86. The number of aromatic nitrogens is 2. The van der Waals surface area contributed by atoms with Crippen molar-refractivity contribution in [1.29, 1.82) is 0 Å². The highest BCUT2D eigenvalue weighted by Gasteiger charge is 2.16. The third kappa shape index (κ3) is 4.13. The Labute approximate surface area is 121 Å². The predicted octanol–water partition coefficient (Wildman–Crippen LogP) is 1.54. The molecule has 0 saturated heterocycles. The fourth-order valence-electron chi connectivity index (χ4n) is 2.09. The summed E-state index contributed by atoms with van der Waals surface area (Å²) in [5.74, 6) is -0.239. The van der Waals surface area contributed by atoms with Gasteiger partial charge >= 0.3 is 0 Å². The molecule has 1 amide bonds. The lowest BCUT2D eigenvalue weighted by Crippen LogP contribution is -2.36. The third-order valence-electron chi connectivity index (χ3n) is 2.99. The van der Waals surface area contributed by atoms with Crippen LogP contribution < -0.4 is 5.32 Å². The number of benzene rings is 1. The minimum Gasteiger partial charge on any atom is -0.352 e. The molecule has 0 radical (unpaired) electrons. The molecule has 0 fully saturated rings. The maximum atomic E-state index is 12.0. The molecular formula is C14H16N4O3. The molecule has 1 N–H and O–H groups in total. The minimum atomic E-state index is -0.475. The van der Waals surface area contributed by atoms with Gasteiger partial charge in [-0.3, -0.25) is 14.9 Å². The van der Waals surface area contributed by atoms with Crippen LogP contribution in [-0.2, 0) is 17.8 Å². The lowest BCUT2D eigenvalue weighted by molar-refractivity contribution is -0.385. The number of rotatable bonds is 6. The van der Waals surface area contributed by atoms with Crippen molar-refractivity contribution in [2.45, 2.75) is 25.9 Å². The lowest BCUT2D eigenvalue weighted by atomic mass is 10.1. The van der Waals surface area contributed by atoms with E-state index in [0.29, 0.717) is 12.1 Å². The molecule has 2 rings (SSSR count). The Morgan fingerprint density at radius 2 is 2.24 bits per heavy atom. The van der Waals surface area contributed by atoms with Gasteiger partial charge in [0.1, 0.15) is 0 Å². The molecule has 7 heteroatoms. The molecule has 1 aromatic carbocycles. The largest absolute Gasteiger partial charge is 0.352 e. The second-order valence-electron chi connectivity index (χ2n) is 4.79. The van der Waals surface area contributed by atoms with Gasteiger partial charge in [0, 0.05) is 36.6 Å². The first-order valence-electron chi connectivity index (χ1n) is 6.53. The van der Waals surface area contributed by atoms with E-state index in [1.807, 2.05) is 17.7 Å². The highest BCUT2D eigenvalue weighted by atomic mass is 16.6. The Bertz CT molecular complexity index is 625. The summed E-state index contributed by atoms with van der Waals surface area (Å²) in [6.45, 7) is 2.47. The molecule has 21 heavy (non-hydrogen) atoms. The van der Waals surface area contributed by atoms with Gasteiger partial charge in [-0.05, 0) is 6.92 Å². The fourth-order valence-corrected chi connectivity index (χ4v) is 2.09. The summed E-state index contributed by atoms with van der Waals surface area (Å²) in [4.78, 5) is 26.3. The molecule has 0 bridgehead atoms. The van der Waals surface area contributed by atoms with E-state index in [1.54, 1.807) is 30.7 Å². The molecule has 1 aromatic heterocycles. The van der Waals surface area contributed by atoms with Gasteiger partial charge in [-0.2, -0.15) is 0 Å². The predicted molar refractivity (Wildman–Crippen MR) is 76.6 cm³/mol. The number of hydrogen-bond acceptors (Lipinski definition) is 4. The van der Waals surface area contributed by atoms with Gasteiger partial charge in [0.25, 0.3) is 5.69 Å². The SMILES string of the molecule is C[C@H](Cn1ccnc1)NC(=O)Cc1ccccc1[N+](=O)[O-]. The van der Waals surface area contributed by atoms with E-state index in [0.717, 1.165) is 0 Å². The first-order chi connectivity index (χ1) is 10.1. The zero-order valence-corrected chi connectivity index (χ0v) is 11.6. The zero-order chi connectivity index (χ0) is 15.2. The van der Waals surface area contributed by atoms with Gasteiger partial charge in [-0.25, -0.2) is 4.98 Å². The van der Waals surface area contributed by atoms with Gasteiger partial charge in [-0.15, -0.1) is 0 Å². The summed E-state index contributed by atoms with van der Waals surface area (Å²) >= 11 is 0. The van der Waals surface area contributed by atoms with Crippen molar-refractivity contribution in [3.8, 4) is 0 Å². The standard InChI is InChI=1S/C14H16N4O3/c1-11(9-17-7-6-15-10-17)16-14(19)8-12-4-2-3-5-13(12)18(20)21/h2-7,10-11H,8-9H2,1H3,(H,16,19)/t11-/m1/s1. The number of amides is 1. The number of nitro groups is 1. The van der Waals surface area contributed by atoms with E-state index in [-0.39, 0.29) is 24.1 Å². The lowest BCUT2D eigenvalue weighted by Gasteiger charge is -2.14. The van der Waals surface area contributed by atoms with Crippen molar-refractivity contribution < 1.29 is 9.72 Å². The Morgan fingerprint density at radius 3 is 2.90 bits per heavy atom. The van der Waals surface area contributed by atoms with E-state index in [9.17, 15) is 14.9 Å². The van der Waals surface area contributed by atoms with Crippen LogP contribution in [0.25, 0.3) is 0 Å². The summed E-state index contributed by atoms with van der Waals surface area (Å²) in [5, 5.41) is 13.7. The summed E-state index contributed by atoms with van der Waals surface area (Å²) in [5.41, 5.74) is 0.379. The molecule has 0 aliphatic heterocycles. The van der Waals surface area contributed by atoms with Crippen LogP contribution in [0.3, 0.4) is 0 Å². The second kappa shape index (κ2) is 6.65. The first-order valence-corrected chi connectivity index (χ1v) is 6.53. The number of hydrogen-bond donors (Lipinski definition) is 1. The van der Waals surface area contributed by atoms with Gasteiger partial charge in [0.2, 0.25) is 5.91 Å². The molecular weight excluding hydrogens is 272 g/mol. The summed E-state index contributed by atoms with van der Waals surface area (Å²) in [6.07, 6.45) is 5.14. The van der Waals surface area contributed by atoms with Crippen LogP contribution in [0.2, 0.25) is 0 Å². The van der Waals surface area contributed by atoms with E-state index in [4.69, 9.17) is 0 Å². The van der Waals surface area contributed by atoms with Crippen molar-refractivity contribution in [3.63, 3.8) is 0 Å². The van der Waals surface area contributed by atoms with E-state index < -0.39 is 4.92 Å². The van der Waals surface area contributed by atoms with Crippen LogP contribution in [-0.4, -0.2) is 26.4 Å². The molecule has 0 spiro atoms. The van der Waals surface area contributed by atoms with E-state index in [1.165, 1.54) is 6.07 Å². The number of nitrogens with zero attached hydrogens (tertiary/aromatic N) is 3. The molecule has 1 heterocycles. The highest BCUT2D eigenvalue weighted by Crippen LogP contribution is 2.17. The zero-order valence-electron chi connectivity index (χ0n) is 11.6. The Balaban J connectivity index is 1.94. The maximum Gasteiger partial charge on any atom is 0.273 e. The van der Waals surface area contributed by atoms with Crippen LogP contribution in [0.1, 0.15) is 12.5 Å². The van der Waals surface area contributed by atoms with E-state index in [2.05, 4.69) is 10.3 Å².